The van der Waals surface area contributed by atoms with Crippen LogP contribution in [0.3, 0.4) is 0 Å². The van der Waals surface area contributed by atoms with Crippen LogP contribution >= 0.6 is 0 Å². The second-order valence-corrected chi connectivity index (χ2v) is 6.22. The van der Waals surface area contributed by atoms with Crippen molar-refractivity contribution in [2.75, 3.05) is 6.54 Å². The number of imidazole rings is 1. The summed E-state index contributed by atoms with van der Waals surface area (Å²) in [4.78, 5) is 17.2. The topological polar surface area (TPSA) is 63.9 Å². The molecule has 6 heteroatoms. The lowest BCUT2D eigenvalue weighted by molar-refractivity contribution is 0.0927. The van der Waals surface area contributed by atoms with Crippen molar-refractivity contribution < 1.29 is 4.79 Å². The highest BCUT2D eigenvalue weighted by Crippen LogP contribution is 2.18. The number of aromatic nitrogens is 3. The van der Waals surface area contributed by atoms with Gasteiger partial charge in [-0.05, 0) is 31.2 Å². The van der Waals surface area contributed by atoms with Crippen molar-refractivity contribution in [1.29, 1.82) is 0 Å². The van der Waals surface area contributed by atoms with E-state index in [-0.39, 0.29) is 11.9 Å². The highest BCUT2D eigenvalue weighted by molar-refractivity contribution is 5.93. The van der Waals surface area contributed by atoms with Crippen LogP contribution in [0.25, 0.3) is 5.69 Å². The molecule has 128 valence electrons. The molecule has 0 spiro atoms. The summed E-state index contributed by atoms with van der Waals surface area (Å²) >= 11 is 0. The Hall–Kier alpha value is -2.86. The predicted octanol–water partition coefficient (Wildman–Crippen LogP) is 2.27. The quantitative estimate of drug-likeness (QED) is 0.769. The summed E-state index contributed by atoms with van der Waals surface area (Å²) in [6, 6.07) is 13.7. The predicted molar refractivity (Wildman–Crippen MR) is 95.6 cm³/mol. The molecule has 2 N–H and O–H groups in total. The Morgan fingerprint density at radius 1 is 1.24 bits per heavy atom. The number of benzene rings is 1. The minimum Gasteiger partial charge on any atom is -0.341 e. The van der Waals surface area contributed by atoms with Crippen molar-refractivity contribution in [2.24, 2.45) is 0 Å². The molecule has 0 fully saturated rings. The minimum atomic E-state index is -0.199. The number of amides is 1. The van der Waals surface area contributed by atoms with Crippen LogP contribution in [-0.4, -0.2) is 26.6 Å². The summed E-state index contributed by atoms with van der Waals surface area (Å²) in [6.07, 6.45) is 3.67. The fourth-order valence-corrected chi connectivity index (χ4v) is 3.31. The lowest BCUT2D eigenvalue weighted by Crippen LogP contribution is -2.34. The number of carbonyl (C=O) groups excluding carboxylic acids is 1. The number of hydrogen-bond donors (Lipinski definition) is 2. The molecule has 4 rings (SSSR count). The van der Waals surface area contributed by atoms with E-state index in [2.05, 4.69) is 20.2 Å². The van der Waals surface area contributed by atoms with Gasteiger partial charge in [0.25, 0.3) is 5.91 Å². The second-order valence-electron chi connectivity index (χ2n) is 6.22. The van der Waals surface area contributed by atoms with Gasteiger partial charge in [-0.1, -0.05) is 18.2 Å². The number of fused-ring (bicyclic) bond motifs is 1. The molecule has 3 aromatic rings. The van der Waals surface area contributed by atoms with Gasteiger partial charge in [0.05, 0.1) is 6.04 Å². The highest BCUT2D eigenvalue weighted by atomic mass is 16.2. The third-order valence-electron chi connectivity index (χ3n) is 4.56. The van der Waals surface area contributed by atoms with Gasteiger partial charge in [0.1, 0.15) is 11.5 Å². The Balaban J connectivity index is 1.55. The van der Waals surface area contributed by atoms with Crippen molar-refractivity contribution in [2.45, 2.75) is 26.1 Å². The smallest absolute Gasteiger partial charge is 0.268 e. The number of para-hydroxylation sites is 1. The van der Waals surface area contributed by atoms with Crippen LogP contribution in [0.2, 0.25) is 0 Å². The number of carbonyl (C=O) groups is 1. The molecule has 1 aliphatic rings. The number of nitrogens with zero attached hydrogens (tertiary/aromatic N) is 3. The van der Waals surface area contributed by atoms with Gasteiger partial charge in [0, 0.05) is 43.4 Å². The summed E-state index contributed by atoms with van der Waals surface area (Å²) < 4.78 is 4.09. The van der Waals surface area contributed by atoms with Crippen LogP contribution in [0.4, 0.5) is 0 Å². The van der Waals surface area contributed by atoms with Gasteiger partial charge in [0.2, 0.25) is 0 Å². The molecule has 3 heterocycles. The van der Waals surface area contributed by atoms with Gasteiger partial charge < -0.3 is 19.8 Å². The van der Waals surface area contributed by atoms with E-state index < -0.39 is 0 Å². The summed E-state index contributed by atoms with van der Waals surface area (Å²) in [5.74, 6) is 0.745. The van der Waals surface area contributed by atoms with Gasteiger partial charge in [0.15, 0.2) is 0 Å². The Bertz CT molecular complexity index is 880. The first-order valence-corrected chi connectivity index (χ1v) is 8.52. The summed E-state index contributed by atoms with van der Waals surface area (Å²) in [7, 11) is 0. The third-order valence-corrected chi connectivity index (χ3v) is 4.56. The molecule has 0 aliphatic carbocycles. The van der Waals surface area contributed by atoms with Gasteiger partial charge >= 0.3 is 0 Å². The van der Waals surface area contributed by atoms with E-state index in [9.17, 15) is 4.79 Å². The molecular formula is C19H21N5O. The zero-order chi connectivity index (χ0) is 17.2. The van der Waals surface area contributed by atoms with Crippen molar-refractivity contribution in [3.8, 4) is 5.69 Å². The average Bonchev–Trinajstić information content (AvgIpc) is 3.29. The van der Waals surface area contributed by atoms with Crippen LogP contribution in [-0.2, 0) is 13.1 Å². The molecule has 1 amide bonds. The van der Waals surface area contributed by atoms with Gasteiger partial charge in [-0.15, -0.1) is 0 Å². The van der Waals surface area contributed by atoms with Crippen molar-refractivity contribution in [1.82, 2.24) is 24.8 Å². The van der Waals surface area contributed by atoms with Crippen LogP contribution in [0, 0.1) is 0 Å². The van der Waals surface area contributed by atoms with Crippen LogP contribution in [0.5, 0.6) is 0 Å². The second kappa shape index (κ2) is 6.57. The van der Waals surface area contributed by atoms with E-state index in [1.54, 1.807) is 6.20 Å². The Morgan fingerprint density at radius 3 is 2.92 bits per heavy atom. The SMILES string of the molecule is CC(NC(=O)c1ccc2n1CCNC2)c1nccn1-c1ccccc1. The first-order chi connectivity index (χ1) is 12.2. The lowest BCUT2D eigenvalue weighted by Gasteiger charge is -2.20. The standard InChI is InChI=1S/C19H21N5O/c1-14(18-21-10-12-24(18)15-5-3-2-4-6-15)22-19(25)17-8-7-16-13-20-9-11-23(16)17/h2-8,10,12,14,20H,9,11,13H2,1H3,(H,22,25). The summed E-state index contributed by atoms with van der Waals surface area (Å²) in [5, 5.41) is 6.40. The largest absolute Gasteiger partial charge is 0.341 e. The Morgan fingerprint density at radius 2 is 2.08 bits per heavy atom. The zero-order valence-electron chi connectivity index (χ0n) is 14.1. The van der Waals surface area contributed by atoms with E-state index in [1.807, 2.05) is 60.2 Å². The molecule has 1 unspecified atom stereocenters. The number of nitrogens with one attached hydrogen (secondary N) is 2. The molecule has 0 saturated heterocycles. The van der Waals surface area contributed by atoms with Gasteiger partial charge in [-0.3, -0.25) is 4.79 Å². The van der Waals surface area contributed by atoms with Crippen LogP contribution < -0.4 is 10.6 Å². The first kappa shape index (κ1) is 15.7. The molecule has 0 radical (unpaired) electrons. The fourth-order valence-electron chi connectivity index (χ4n) is 3.31. The third kappa shape index (κ3) is 2.96. The van der Waals surface area contributed by atoms with E-state index in [1.165, 1.54) is 0 Å². The average molecular weight is 335 g/mol. The number of hydrogen-bond acceptors (Lipinski definition) is 3. The van der Waals surface area contributed by atoms with Crippen molar-refractivity contribution in [3.05, 3.63) is 72.1 Å². The van der Waals surface area contributed by atoms with Gasteiger partial charge in [-0.2, -0.15) is 0 Å². The Labute approximate surface area is 146 Å². The van der Waals surface area contributed by atoms with E-state index in [0.717, 1.165) is 36.8 Å². The molecule has 0 bridgehead atoms. The first-order valence-electron chi connectivity index (χ1n) is 8.52. The molecule has 0 saturated carbocycles. The maximum Gasteiger partial charge on any atom is 0.268 e. The molecule has 1 aliphatic heterocycles. The van der Waals surface area contributed by atoms with E-state index in [4.69, 9.17) is 0 Å². The highest BCUT2D eigenvalue weighted by Gasteiger charge is 2.21. The maximum absolute atomic E-state index is 12.7. The molecule has 6 nitrogen and oxygen atoms in total. The van der Waals surface area contributed by atoms with E-state index in [0.29, 0.717) is 5.69 Å². The molecule has 1 aromatic carbocycles. The molecular weight excluding hydrogens is 314 g/mol. The molecule has 2 aromatic heterocycles. The van der Waals surface area contributed by atoms with Crippen molar-refractivity contribution in [3.63, 3.8) is 0 Å². The number of rotatable bonds is 4. The normalized spacial score (nSPS) is 14.8. The van der Waals surface area contributed by atoms with E-state index >= 15 is 0 Å². The zero-order valence-corrected chi connectivity index (χ0v) is 14.1. The maximum atomic E-state index is 12.7. The minimum absolute atomic E-state index is 0.0664. The monoisotopic (exact) mass is 335 g/mol. The van der Waals surface area contributed by atoms with Crippen LogP contribution in [0.15, 0.2) is 54.9 Å². The Kier molecular flexibility index (Phi) is 4.11. The van der Waals surface area contributed by atoms with Gasteiger partial charge in [-0.25, -0.2) is 4.98 Å². The molecule has 25 heavy (non-hydrogen) atoms. The fraction of sp³-hybridized carbons (Fsp3) is 0.263. The van der Waals surface area contributed by atoms with Crippen LogP contribution in [0.1, 0.15) is 35.0 Å². The summed E-state index contributed by atoms with van der Waals surface area (Å²) in [5.41, 5.74) is 2.89. The van der Waals surface area contributed by atoms with Crippen molar-refractivity contribution >= 4 is 5.91 Å². The summed E-state index contributed by atoms with van der Waals surface area (Å²) in [6.45, 7) is 4.47. The molecule has 1 atom stereocenters. The lowest BCUT2D eigenvalue weighted by atomic mass is 10.2.